The SMILES string of the molecule is O=C(CCC(=O)N(O)CC1CN(c2cccc(F)c2N2CCOCC2)C(=O)O1)c1ccc(Cl)cc1. The quantitative estimate of drug-likeness (QED) is 0.333. The van der Waals surface area contributed by atoms with E-state index in [0.717, 1.165) is 0 Å². The normalized spacial score (nSPS) is 17.9. The summed E-state index contributed by atoms with van der Waals surface area (Å²) in [6, 6.07) is 10.8. The van der Waals surface area contributed by atoms with Crippen molar-refractivity contribution in [1.29, 1.82) is 0 Å². The lowest BCUT2D eigenvalue weighted by Crippen LogP contribution is -2.39. The molecule has 1 unspecified atom stereocenters. The van der Waals surface area contributed by atoms with Crippen molar-refractivity contribution in [3.63, 3.8) is 0 Å². The zero-order valence-electron chi connectivity index (χ0n) is 18.9. The number of cyclic esters (lactones) is 1. The zero-order valence-corrected chi connectivity index (χ0v) is 19.6. The summed E-state index contributed by atoms with van der Waals surface area (Å²) in [6.45, 7) is 1.60. The number of ketones is 1. The Morgan fingerprint density at radius 3 is 2.54 bits per heavy atom. The highest BCUT2D eigenvalue weighted by Gasteiger charge is 2.37. The number of hydrogen-bond acceptors (Lipinski definition) is 7. The summed E-state index contributed by atoms with van der Waals surface area (Å²) >= 11 is 5.81. The third-order valence-electron chi connectivity index (χ3n) is 5.85. The fourth-order valence-corrected chi connectivity index (χ4v) is 4.19. The number of anilines is 2. The molecule has 35 heavy (non-hydrogen) atoms. The number of amides is 2. The number of nitrogens with zero attached hydrogens (tertiary/aromatic N) is 3. The largest absolute Gasteiger partial charge is 0.442 e. The molecule has 2 aromatic rings. The van der Waals surface area contributed by atoms with E-state index in [0.29, 0.717) is 47.6 Å². The Hall–Kier alpha value is -3.21. The van der Waals surface area contributed by atoms with Crippen molar-refractivity contribution < 1.29 is 33.5 Å². The Labute approximate surface area is 206 Å². The smallest absolute Gasteiger partial charge is 0.414 e. The monoisotopic (exact) mass is 505 g/mol. The van der Waals surface area contributed by atoms with Gasteiger partial charge in [0, 0.05) is 36.5 Å². The van der Waals surface area contributed by atoms with E-state index >= 15 is 0 Å². The number of para-hydroxylation sites is 1. The summed E-state index contributed by atoms with van der Waals surface area (Å²) in [5.41, 5.74) is 1.05. The van der Waals surface area contributed by atoms with Crippen LogP contribution in [0.1, 0.15) is 23.2 Å². The van der Waals surface area contributed by atoms with Crippen molar-refractivity contribution in [2.24, 2.45) is 0 Å². The van der Waals surface area contributed by atoms with Crippen LogP contribution in [0.2, 0.25) is 5.02 Å². The number of morpholine rings is 1. The number of carbonyl (C=O) groups is 3. The summed E-state index contributed by atoms with van der Waals surface area (Å²) in [4.78, 5) is 40.3. The molecule has 2 amide bonds. The first-order chi connectivity index (χ1) is 16.8. The molecule has 2 aliphatic heterocycles. The van der Waals surface area contributed by atoms with Crippen LogP contribution in [0.25, 0.3) is 0 Å². The first kappa shape index (κ1) is 24.9. The molecule has 0 aromatic heterocycles. The van der Waals surface area contributed by atoms with Gasteiger partial charge in [-0.25, -0.2) is 14.2 Å². The second kappa shape index (κ2) is 11.0. The van der Waals surface area contributed by atoms with Gasteiger partial charge in [0.25, 0.3) is 0 Å². The Balaban J connectivity index is 1.35. The first-order valence-electron chi connectivity index (χ1n) is 11.2. The molecule has 0 saturated carbocycles. The van der Waals surface area contributed by atoms with Crippen LogP contribution < -0.4 is 9.80 Å². The summed E-state index contributed by atoms with van der Waals surface area (Å²) in [7, 11) is 0. The van der Waals surface area contributed by atoms with Crippen molar-refractivity contribution in [1.82, 2.24) is 5.06 Å². The van der Waals surface area contributed by atoms with Crippen LogP contribution in [0.15, 0.2) is 42.5 Å². The molecule has 186 valence electrons. The fourth-order valence-electron chi connectivity index (χ4n) is 4.06. The van der Waals surface area contributed by atoms with Gasteiger partial charge >= 0.3 is 6.09 Å². The molecule has 0 radical (unpaired) electrons. The molecular formula is C24H25ClFN3O6. The highest BCUT2D eigenvalue weighted by molar-refractivity contribution is 6.30. The number of halogens is 2. The van der Waals surface area contributed by atoms with Gasteiger partial charge < -0.3 is 14.4 Å². The van der Waals surface area contributed by atoms with E-state index in [2.05, 4.69) is 0 Å². The lowest BCUT2D eigenvalue weighted by atomic mass is 10.1. The van der Waals surface area contributed by atoms with E-state index < -0.39 is 23.9 Å². The zero-order chi connectivity index (χ0) is 24.9. The molecule has 1 N–H and O–H groups in total. The number of rotatable bonds is 8. The Bertz CT molecular complexity index is 1090. The summed E-state index contributed by atoms with van der Waals surface area (Å²) < 4.78 is 25.4. The minimum atomic E-state index is -0.829. The van der Waals surface area contributed by atoms with E-state index in [1.165, 1.54) is 17.0 Å². The van der Waals surface area contributed by atoms with Gasteiger partial charge in [-0.3, -0.25) is 19.7 Å². The standard InChI is InChI=1S/C24H25ClFN3O6/c25-17-6-4-16(5-7-17)21(30)8-9-22(31)29(33)15-18-14-28(24(32)35-18)20-3-1-2-19(26)23(20)27-10-12-34-13-11-27/h1-7,18,33H,8-15H2. The second-order valence-corrected chi connectivity index (χ2v) is 8.67. The van der Waals surface area contributed by atoms with E-state index in [-0.39, 0.29) is 37.4 Å². The van der Waals surface area contributed by atoms with Crippen LogP contribution in [-0.4, -0.2) is 73.6 Å². The summed E-state index contributed by atoms with van der Waals surface area (Å²) in [6.07, 6.45) is -1.84. The molecule has 4 rings (SSSR count). The van der Waals surface area contributed by atoms with Gasteiger partial charge in [0.05, 0.1) is 37.7 Å². The number of hydroxylamine groups is 2. The molecule has 2 heterocycles. The predicted octanol–water partition coefficient (Wildman–Crippen LogP) is 3.52. The third-order valence-corrected chi connectivity index (χ3v) is 6.11. The minimum Gasteiger partial charge on any atom is -0.442 e. The molecule has 0 spiro atoms. The van der Waals surface area contributed by atoms with Crippen LogP contribution >= 0.6 is 11.6 Å². The van der Waals surface area contributed by atoms with Crippen molar-refractivity contribution >= 4 is 40.8 Å². The van der Waals surface area contributed by atoms with Gasteiger partial charge in [0.15, 0.2) is 5.78 Å². The first-order valence-corrected chi connectivity index (χ1v) is 11.6. The summed E-state index contributed by atoms with van der Waals surface area (Å²) in [5.74, 6) is -1.41. The van der Waals surface area contributed by atoms with Crippen LogP contribution in [0.4, 0.5) is 20.6 Å². The molecule has 0 bridgehead atoms. The molecule has 11 heteroatoms. The van der Waals surface area contributed by atoms with E-state index in [9.17, 15) is 24.0 Å². The van der Waals surface area contributed by atoms with Crippen molar-refractivity contribution in [2.75, 3.05) is 49.2 Å². The lowest BCUT2D eigenvalue weighted by Gasteiger charge is -2.32. The average Bonchev–Trinajstić information content (AvgIpc) is 3.22. The molecule has 9 nitrogen and oxygen atoms in total. The Morgan fingerprint density at radius 2 is 1.83 bits per heavy atom. The molecule has 1 atom stereocenters. The molecule has 2 fully saturated rings. The van der Waals surface area contributed by atoms with Crippen LogP contribution in [0, 0.1) is 5.82 Å². The molecule has 2 aliphatic rings. The van der Waals surface area contributed by atoms with Crippen LogP contribution in [-0.2, 0) is 14.3 Å². The Kier molecular flexibility index (Phi) is 7.84. The fraction of sp³-hybridized carbons (Fsp3) is 0.375. The lowest BCUT2D eigenvalue weighted by molar-refractivity contribution is -0.169. The van der Waals surface area contributed by atoms with Gasteiger partial charge in [0.2, 0.25) is 5.91 Å². The number of Topliss-reactive ketones (excluding diaryl/α,β-unsaturated/α-hetero) is 1. The molecule has 0 aliphatic carbocycles. The Morgan fingerprint density at radius 1 is 1.11 bits per heavy atom. The van der Waals surface area contributed by atoms with E-state index in [1.807, 2.05) is 4.90 Å². The van der Waals surface area contributed by atoms with Gasteiger partial charge in [-0.1, -0.05) is 17.7 Å². The highest BCUT2D eigenvalue weighted by atomic mass is 35.5. The maximum atomic E-state index is 14.7. The van der Waals surface area contributed by atoms with Gasteiger partial charge in [-0.2, -0.15) is 0 Å². The topological polar surface area (TPSA) is 99.6 Å². The highest BCUT2D eigenvalue weighted by Crippen LogP contribution is 2.35. The number of carbonyl (C=O) groups excluding carboxylic acids is 3. The van der Waals surface area contributed by atoms with Gasteiger partial charge in [-0.15, -0.1) is 0 Å². The molecule has 2 saturated heterocycles. The minimum absolute atomic E-state index is 0.0215. The van der Waals surface area contributed by atoms with Crippen molar-refractivity contribution in [3.05, 3.63) is 58.9 Å². The van der Waals surface area contributed by atoms with Gasteiger partial charge in [-0.05, 0) is 36.4 Å². The molecular weight excluding hydrogens is 481 g/mol. The van der Waals surface area contributed by atoms with Crippen LogP contribution in [0.5, 0.6) is 0 Å². The van der Waals surface area contributed by atoms with E-state index in [1.54, 1.807) is 30.3 Å². The maximum Gasteiger partial charge on any atom is 0.414 e. The number of hydrogen-bond donors (Lipinski definition) is 1. The predicted molar refractivity (Wildman–Crippen MR) is 126 cm³/mol. The van der Waals surface area contributed by atoms with Gasteiger partial charge in [0.1, 0.15) is 11.9 Å². The summed E-state index contributed by atoms with van der Waals surface area (Å²) in [5, 5.41) is 11.2. The van der Waals surface area contributed by atoms with Crippen molar-refractivity contribution in [3.8, 4) is 0 Å². The number of ether oxygens (including phenoxy) is 2. The number of benzene rings is 2. The van der Waals surface area contributed by atoms with E-state index in [4.69, 9.17) is 21.1 Å². The third kappa shape index (κ3) is 5.90. The molecule has 2 aromatic carbocycles. The second-order valence-electron chi connectivity index (χ2n) is 8.23. The maximum absolute atomic E-state index is 14.7. The average molecular weight is 506 g/mol. The van der Waals surface area contributed by atoms with Crippen LogP contribution in [0.3, 0.4) is 0 Å². The van der Waals surface area contributed by atoms with Crippen molar-refractivity contribution in [2.45, 2.75) is 18.9 Å².